The monoisotopic (exact) mass is 471 g/mol. The number of alkyl halides is 3. The molecule has 182 valence electrons. The van der Waals surface area contributed by atoms with E-state index in [1.807, 2.05) is 25.7 Å². The summed E-state index contributed by atoms with van der Waals surface area (Å²) < 4.78 is 58.5. The highest BCUT2D eigenvalue weighted by molar-refractivity contribution is 5.95. The van der Waals surface area contributed by atoms with E-state index in [0.717, 1.165) is 25.0 Å². The van der Waals surface area contributed by atoms with Crippen molar-refractivity contribution in [1.29, 1.82) is 0 Å². The molecule has 1 aliphatic rings. The summed E-state index contributed by atoms with van der Waals surface area (Å²) in [5, 5.41) is 16.7. The molecule has 0 aliphatic heterocycles. The summed E-state index contributed by atoms with van der Waals surface area (Å²) in [6.45, 7) is 6.76. The molecule has 2 atom stereocenters. The normalized spacial score (nSPS) is 19.3. The van der Waals surface area contributed by atoms with E-state index in [1.165, 1.54) is 0 Å². The Morgan fingerprint density at radius 1 is 1.33 bits per heavy atom. The van der Waals surface area contributed by atoms with Gasteiger partial charge in [0.15, 0.2) is 11.5 Å². The molecule has 0 spiro atoms. The van der Waals surface area contributed by atoms with Gasteiger partial charge in [-0.1, -0.05) is 18.1 Å². The number of carbonyl (C=O) groups is 1. The SMILES string of the molecule is CCN(Cc1c(C(=O)N[C@@H]2CCC[C@H](O)C2)noc1-c1ccc(C(F)(F)F)c(F)c1)C(C)C. The Kier molecular flexibility index (Phi) is 7.79. The lowest BCUT2D eigenvalue weighted by Crippen LogP contribution is -2.40. The molecule has 0 bridgehead atoms. The molecule has 10 heteroatoms. The van der Waals surface area contributed by atoms with Gasteiger partial charge in [-0.2, -0.15) is 13.2 Å². The summed E-state index contributed by atoms with van der Waals surface area (Å²) in [5.41, 5.74) is -0.934. The van der Waals surface area contributed by atoms with Crippen LogP contribution in [0.25, 0.3) is 11.3 Å². The maximum Gasteiger partial charge on any atom is 0.419 e. The molecule has 6 nitrogen and oxygen atoms in total. The van der Waals surface area contributed by atoms with Crippen LogP contribution < -0.4 is 5.32 Å². The van der Waals surface area contributed by atoms with Gasteiger partial charge in [0.1, 0.15) is 5.82 Å². The van der Waals surface area contributed by atoms with Crippen LogP contribution in [-0.2, 0) is 12.7 Å². The third-order valence-electron chi connectivity index (χ3n) is 6.02. The van der Waals surface area contributed by atoms with Gasteiger partial charge in [-0.15, -0.1) is 0 Å². The first-order valence-corrected chi connectivity index (χ1v) is 11.1. The molecule has 3 rings (SSSR count). The number of halogens is 4. The summed E-state index contributed by atoms with van der Waals surface area (Å²) in [4.78, 5) is 15.0. The molecular weight excluding hydrogens is 442 g/mol. The van der Waals surface area contributed by atoms with Crippen LogP contribution in [0.5, 0.6) is 0 Å². The Hall–Kier alpha value is -2.46. The molecule has 1 aromatic heterocycles. The van der Waals surface area contributed by atoms with Crippen molar-refractivity contribution in [3.05, 3.63) is 40.8 Å². The first-order chi connectivity index (χ1) is 15.5. The van der Waals surface area contributed by atoms with Crippen molar-refractivity contribution in [3.63, 3.8) is 0 Å². The molecule has 0 saturated heterocycles. The van der Waals surface area contributed by atoms with E-state index in [1.54, 1.807) is 0 Å². The maximum atomic E-state index is 14.2. The van der Waals surface area contributed by atoms with Gasteiger partial charge < -0.3 is 14.9 Å². The minimum Gasteiger partial charge on any atom is -0.393 e. The van der Waals surface area contributed by atoms with Gasteiger partial charge in [-0.3, -0.25) is 9.69 Å². The third kappa shape index (κ3) is 5.92. The summed E-state index contributed by atoms with van der Waals surface area (Å²) >= 11 is 0. The fourth-order valence-corrected chi connectivity index (χ4v) is 4.16. The van der Waals surface area contributed by atoms with Crippen molar-refractivity contribution in [2.45, 2.75) is 77.4 Å². The van der Waals surface area contributed by atoms with Crippen LogP contribution >= 0.6 is 0 Å². The van der Waals surface area contributed by atoms with Crippen LogP contribution in [0.2, 0.25) is 0 Å². The molecule has 1 aliphatic carbocycles. The number of aliphatic hydroxyl groups excluding tert-OH is 1. The van der Waals surface area contributed by atoms with Gasteiger partial charge in [0, 0.05) is 29.8 Å². The summed E-state index contributed by atoms with van der Waals surface area (Å²) in [6.07, 6.45) is -2.68. The molecule has 1 aromatic carbocycles. The van der Waals surface area contributed by atoms with E-state index in [4.69, 9.17) is 4.52 Å². The quantitative estimate of drug-likeness (QED) is 0.569. The van der Waals surface area contributed by atoms with Gasteiger partial charge in [0.2, 0.25) is 0 Å². The molecule has 33 heavy (non-hydrogen) atoms. The average Bonchev–Trinajstić information content (AvgIpc) is 3.14. The fourth-order valence-electron chi connectivity index (χ4n) is 4.16. The van der Waals surface area contributed by atoms with Gasteiger partial charge in [-0.05, 0) is 58.2 Å². The van der Waals surface area contributed by atoms with E-state index < -0.39 is 29.6 Å². The number of hydrogen-bond acceptors (Lipinski definition) is 5. The van der Waals surface area contributed by atoms with Crippen LogP contribution in [0, 0.1) is 5.82 Å². The van der Waals surface area contributed by atoms with Gasteiger partial charge >= 0.3 is 6.18 Å². The Bertz CT molecular complexity index is 974. The number of aromatic nitrogens is 1. The second-order valence-corrected chi connectivity index (χ2v) is 8.68. The number of amides is 1. The van der Waals surface area contributed by atoms with Crippen LogP contribution in [0.15, 0.2) is 22.7 Å². The maximum absolute atomic E-state index is 14.2. The zero-order valence-corrected chi connectivity index (χ0v) is 18.9. The average molecular weight is 471 g/mol. The lowest BCUT2D eigenvalue weighted by Gasteiger charge is -2.27. The number of nitrogens with one attached hydrogen (secondary N) is 1. The first kappa shape index (κ1) is 25.2. The van der Waals surface area contributed by atoms with Crippen LogP contribution in [-0.4, -0.2) is 45.8 Å². The molecule has 1 fully saturated rings. The molecule has 1 saturated carbocycles. The largest absolute Gasteiger partial charge is 0.419 e. The topological polar surface area (TPSA) is 78.6 Å². The summed E-state index contributed by atoms with van der Waals surface area (Å²) in [5.74, 6) is -1.87. The highest BCUT2D eigenvalue weighted by Gasteiger charge is 2.35. The first-order valence-electron chi connectivity index (χ1n) is 11.1. The Morgan fingerprint density at radius 3 is 2.64 bits per heavy atom. The third-order valence-corrected chi connectivity index (χ3v) is 6.02. The molecule has 2 aromatic rings. The predicted octanol–water partition coefficient (Wildman–Crippen LogP) is 4.76. The molecule has 1 amide bonds. The highest BCUT2D eigenvalue weighted by Crippen LogP contribution is 2.35. The minimum absolute atomic E-state index is 0.00414. The zero-order chi connectivity index (χ0) is 24.3. The molecule has 2 N–H and O–H groups in total. The highest BCUT2D eigenvalue weighted by atomic mass is 19.4. The van der Waals surface area contributed by atoms with E-state index in [-0.39, 0.29) is 35.6 Å². The lowest BCUT2D eigenvalue weighted by atomic mass is 9.93. The number of aliphatic hydroxyl groups is 1. The van der Waals surface area contributed by atoms with Crippen LogP contribution in [0.1, 0.15) is 68.1 Å². The van der Waals surface area contributed by atoms with Crippen molar-refractivity contribution in [3.8, 4) is 11.3 Å². The van der Waals surface area contributed by atoms with Crippen molar-refractivity contribution in [2.24, 2.45) is 0 Å². The van der Waals surface area contributed by atoms with E-state index >= 15 is 0 Å². The van der Waals surface area contributed by atoms with Crippen molar-refractivity contribution < 1.29 is 32.0 Å². The smallest absolute Gasteiger partial charge is 0.393 e. The van der Waals surface area contributed by atoms with Crippen molar-refractivity contribution in [1.82, 2.24) is 15.4 Å². The lowest BCUT2D eigenvalue weighted by molar-refractivity contribution is -0.139. The predicted molar refractivity (Wildman–Crippen MR) is 114 cm³/mol. The van der Waals surface area contributed by atoms with Crippen molar-refractivity contribution in [2.75, 3.05) is 6.54 Å². The Labute approximate surface area is 189 Å². The standard InChI is InChI=1S/C23H29F4N3O3/c1-4-30(13(2)3)12-17-20(22(32)28-15-6-5-7-16(31)11-15)29-33-21(17)14-8-9-18(19(24)10-14)23(25,26)27/h8-10,13,15-16,31H,4-7,11-12H2,1-3H3,(H,28,32)/t15-,16+/m1/s1. The fraction of sp³-hybridized carbons (Fsp3) is 0.565. The number of rotatable bonds is 7. The number of nitrogens with zero attached hydrogens (tertiary/aromatic N) is 2. The van der Waals surface area contributed by atoms with Crippen molar-refractivity contribution >= 4 is 5.91 Å². The zero-order valence-electron chi connectivity index (χ0n) is 18.9. The van der Waals surface area contributed by atoms with Gasteiger partial charge in [0.05, 0.1) is 11.7 Å². The van der Waals surface area contributed by atoms with E-state index in [0.29, 0.717) is 31.0 Å². The number of benzene rings is 1. The minimum atomic E-state index is -4.82. The summed E-state index contributed by atoms with van der Waals surface area (Å²) in [6, 6.07) is 2.40. The second-order valence-electron chi connectivity index (χ2n) is 8.68. The molecular formula is C23H29F4N3O3. The number of carbonyl (C=O) groups excluding carboxylic acids is 1. The number of hydrogen-bond donors (Lipinski definition) is 2. The molecule has 0 radical (unpaired) electrons. The molecule has 1 heterocycles. The Morgan fingerprint density at radius 2 is 2.06 bits per heavy atom. The van der Waals surface area contributed by atoms with E-state index in [9.17, 15) is 27.5 Å². The van der Waals surface area contributed by atoms with Crippen LogP contribution in [0.4, 0.5) is 17.6 Å². The summed E-state index contributed by atoms with van der Waals surface area (Å²) in [7, 11) is 0. The van der Waals surface area contributed by atoms with E-state index in [2.05, 4.69) is 10.5 Å². The Balaban J connectivity index is 1.98. The van der Waals surface area contributed by atoms with Crippen LogP contribution in [0.3, 0.4) is 0 Å². The molecule has 0 unspecified atom stereocenters. The second kappa shape index (κ2) is 10.2. The van der Waals surface area contributed by atoms with Gasteiger partial charge in [-0.25, -0.2) is 4.39 Å². The van der Waals surface area contributed by atoms with Gasteiger partial charge in [0.25, 0.3) is 5.91 Å².